The Morgan fingerprint density at radius 2 is 1.43 bits per heavy atom. The highest BCUT2D eigenvalue weighted by molar-refractivity contribution is 7.80. The Hall–Kier alpha value is 0.310. The molecule has 0 aliphatic rings. The molecule has 0 fully saturated rings. The van der Waals surface area contributed by atoms with Crippen LogP contribution in [0.2, 0.25) is 0 Å². The summed E-state index contributed by atoms with van der Waals surface area (Å²) >= 11 is 4.39. The number of hydrogen-bond acceptors (Lipinski definition) is 2. The standard InChI is InChI=1S/C12H27NS/c1-10(2)13(11(3)4)9-7-6-8-12(5)14/h10-12,14H,6-9H2,1-5H3. The first-order valence-electron chi connectivity index (χ1n) is 5.89. The van der Waals surface area contributed by atoms with Gasteiger partial charge in [0.25, 0.3) is 0 Å². The maximum absolute atomic E-state index is 4.39. The molecular weight excluding hydrogens is 190 g/mol. The molecule has 0 aromatic carbocycles. The average molecular weight is 217 g/mol. The quantitative estimate of drug-likeness (QED) is 0.504. The first-order valence-corrected chi connectivity index (χ1v) is 6.40. The van der Waals surface area contributed by atoms with E-state index in [4.69, 9.17) is 0 Å². The summed E-state index contributed by atoms with van der Waals surface area (Å²) in [6.45, 7) is 12.5. The van der Waals surface area contributed by atoms with E-state index in [0.29, 0.717) is 17.3 Å². The normalized spacial score (nSPS) is 14.4. The number of thiol groups is 1. The molecule has 0 aliphatic heterocycles. The molecule has 0 saturated carbocycles. The molecule has 1 atom stereocenters. The predicted molar refractivity (Wildman–Crippen MR) is 69.3 cm³/mol. The first kappa shape index (κ1) is 14.3. The van der Waals surface area contributed by atoms with Gasteiger partial charge in [-0.25, -0.2) is 0 Å². The van der Waals surface area contributed by atoms with E-state index in [0.717, 1.165) is 0 Å². The molecule has 0 aromatic heterocycles. The smallest absolute Gasteiger partial charge is 0.00412 e. The van der Waals surface area contributed by atoms with E-state index in [9.17, 15) is 0 Å². The largest absolute Gasteiger partial charge is 0.299 e. The highest BCUT2D eigenvalue weighted by Gasteiger charge is 2.12. The second kappa shape index (κ2) is 7.58. The van der Waals surface area contributed by atoms with Crippen molar-refractivity contribution in [3.63, 3.8) is 0 Å². The lowest BCUT2D eigenvalue weighted by molar-refractivity contribution is 0.171. The van der Waals surface area contributed by atoms with Crippen LogP contribution in [0, 0.1) is 0 Å². The highest BCUT2D eigenvalue weighted by atomic mass is 32.1. The van der Waals surface area contributed by atoms with Crippen LogP contribution in [0.25, 0.3) is 0 Å². The molecule has 0 saturated heterocycles. The average Bonchev–Trinajstić information content (AvgIpc) is 2.01. The van der Waals surface area contributed by atoms with Gasteiger partial charge in [0.05, 0.1) is 0 Å². The van der Waals surface area contributed by atoms with E-state index in [1.165, 1.54) is 25.8 Å². The summed E-state index contributed by atoms with van der Waals surface area (Å²) in [6.07, 6.45) is 3.86. The van der Waals surface area contributed by atoms with Crippen LogP contribution < -0.4 is 0 Å². The molecule has 1 unspecified atom stereocenters. The van der Waals surface area contributed by atoms with Crippen molar-refractivity contribution in [2.45, 2.75) is 71.2 Å². The second-order valence-electron chi connectivity index (χ2n) is 4.77. The summed E-state index contributed by atoms with van der Waals surface area (Å²) in [4.78, 5) is 2.56. The van der Waals surface area contributed by atoms with Gasteiger partial charge in [-0.15, -0.1) is 0 Å². The number of hydrogen-bond donors (Lipinski definition) is 1. The fourth-order valence-electron chi connectivity index (χ4n) is 1.85. The molecule has 0 N–H and O–H groups in total. The fraction of sp³-hybridized carbons (Fsp3) is 1.00. The molecule has 2 heteroatoms. The molecule has 1 nitrogen and oxygen atoms in total. The van der Waals surface area contributed by atoms with Crippen LogP contribution in [0.3, 0.4) is 0 Å². The van der Waals surface area contributed by atoms with E-state index < -0.39 is 0 Å². The lowest BCUT2D eigenvalue weighted by Gasteiger charge is -2.30. The van der Waals surface area contributed by atoms with Crippen molar-refractivity contribution in [1.29, 1.82) is 0 Å². The summed E-state index contributed by atoms with van der Waals surface area (Å²) in [7, 11) is 0. The number of rotatable bonds is 7. The minimum atomic E-state index is 0.557. The third-order valence-corrected chi connectivity index (χ3v) is 2.87. The SMILES string of the molecule is CC(S)CCCCN(C(C)C)C(C)C. The Kier molecular flexibility index (Phi) is 7.75. The molecule has 0 aliphatic carbocycles. The minimum absolute atomic E-state index is 0.557. The molecule has 0 spiro atoms. The predicted octanol–water partition coefficient (Wildman–Crippen LogP) is 3.59. The number of nitrogens with zero attached hydrogens (tertiary/aromatic N) is 1. The molecule has 0 aromatic rings. The Morgan fingerprint density at radius 3 is 1.79 bits per heavy atom. The van der Waals surface area contributed by atoms with Crippen molar-refractivity contribution in [3.05, 3.63) is 0 Å². The van der Waals surface area contributed by atoms with Crippen LogP contribution >= 0.6 is 12.6 Å². The Balaban J connectivity index is 3.62. The summed E-state index contributed by atoms with van der Waals surface area (Å²) in [6, 6.07) is 1.34. The van der Waals surface area contributed by atoms with Gasteiger partial charge >= 0.3 is 0 Å². The zero-order chi connectivity index (χ0) is 11.1. The summed E-state index contributed by atoms with van der Waals surface area (Å²) in [5.74, 6) is 0. The Morgan fingerprint density at radius 1 is 0.929 bits per heavy atom. The van der Waals surface area contributed by atoms with Crippen molar-refractivity contribution in [2.24, 2.45) is 0 Å². The zero-order valence-corrected chi connectivity index (χ0v) is 11.3. The van der Waals surface area contributed by atoms with Crippen molar-refractivity contribution < 1.29 is 0 Å². The number of unbranched alkanes of at least 4 members (excludes halogenated alkanes) is 1. The molecule has 0 rings (SSSR count). The molecular formula is C12H27NS. The summed E-state index contributed by atoms with van der Waals surface area (Å²) in [5.41, 5.74) is 0. The third-order valence-electron chi connectivity index (χ3n) is 2.61. The van der Waals surface area contributed by atoms with E-state index in [1.807, 2.05) is 0 Å². The van der Waals surface area contributed by atoms with Gasteiger partial charge in [0.2, 0.25) is 0 Å². The van der Waals surface area contributed by atoms with Crippen molar-refractivity contribution >= 4 is 12.6 Å². The maximum Gasteiger partial charge on any atom is 0.00412 e. The van der Waals surface area contributed by atoms with E-state index in [-0.39, 0.29) is 0 Å². The van der Waals surface area contributed by atoms with Gasteiger partial charge in [-0.3, -0.25) is 4.90 Å². The monoisotopic (exact) mass is 217 g/mol. The highest BCUT2D eigenvalue weighted by Crippen LogP contribution is 2.10. The Bertz CT molecular complexity index is 124. The maximum atomic E-state index is 4.39. The topological polar surface area (TPSA) is 3.24 Å². The van der Waals surface area contributed by atoms with E-state index in [2.05, 4.69) is 52.1 Å². The van der Waals surface area contributed by atoms with Crippen LogP contribution in [-0.2, 0) is 0 Å². The third kappa shape index (κ3) is 6.72. The first-order chi connectivity index (χ1) is 6.45. The van der Waals surface area contributed by atoms with Crippen LogP contribution in [0.5, 0.6) is 0 Å². The van der Waals surface area contributed by atoms with Crippen molar-refractivity contribution in [3.8, 4) is 0 Å². The van der Waals surface area contributed by atoms with Gasteiger partial charge in [0, 0.05) is 12.1 Å². The molecule has 14 heavy (non-hydrogen) atoms. The van der Waals surface area contributed by atoms with Gasteiger partial charge in [-0.1, -0.05) is 13.3 Å². The molecule has 0 radical (unpaired) electrons. The Labute approximate surface area is 95.7 Å². The van der Waals surface area contributed by atoms with Gasteiger partial charge in [0.15, 0.2) is 0 Å². The lowest BCUT2D eigenvalue weighted by Crippen LogP contribution is -2.37. The van der Waals surface area contributed by atoms with Crippen LogP contribution in [-0.4, -0.2) is 28.8 Å². The fourth-order valence-corrected chi connectivity index (χ4v) is 2.03. The van der Waals surface area contributed by atoms with Crippen LogP contribution in [0.15, 0.2) is 0 Å². The minimum Gasteiger partial charge on any atom is -0.299 e. The van der Waals surface area contributed by atoms with Crippen molar-refractivity contribution in [2.75, 3.05) is 6.54 Å². The molecule has 0 heterocycles. The summed E-state index contributed by atoms with van der Waals surface area (Å²) in [5, 5.41) is 0.557. The molecule has 0 amide bonds. The molecule has 0 bridgehead atoms. The van der Waals surface area contributed by atoms with Gasteiger partial charge in [-0.05, 0) is 52.3 Å². The van der Waals surface area contributed by atoms with Crippen LogP contribution in [0.4, 0.5) is 0 Å². The van der Waals surface area contributed by atoms with E-state index >= 15 is 0 Å². The summed E-state index contributed by atoms with van der Waals surface area (Å²) < 4.78 is 0. The van der Waals surface area contributed by atoms with Crippen LogP contribution in [0.1, 0.15) is 53.9 Å². The van der Waals surface area contributed by atoms with Gasteiger partial charge in [0.1, 0.15) is 0 Å². The molecule has 86 valence electrons. The van der Waals surface area contributed by atoms with Crippen molar-refractivity contribution in [1.82, 2.24) is 4.90 Å². The lowest BCUT2D eigenvalue weighted by atomic mass is 10.1. The zero-order valence-electron chi connectivity index (χ0n) is 10.5. The van der Waals surface area contributed by atoms with Gasteiger partial charge in [-0.2, -0.15) is 12.6 Å². The second-order valence-corrected chi connectivity index (χ2v) is 5.65. The van der Waals surface area contributed by atoms with E-state index in [1.54, 1.807) is 0 Å². The van der Waals surface area contributed by atoms with Gasteiger partial charge < -0.3 is 0 Å².